The van der Waals surface area contributed by atoms with Crippen LogP contribution in [0.1, 0.15) is 40.3 Å². The number of hydrogen-bond acceptors (Lipinski definition) is 5. The molecule has 2 aromatic heterocycles. The van der Waals surface area contributed by atoms with E-state index >= 15 is 0 Å². The van der Waals surface area contributed by atoms with Crippen molar-refractivity contribution in [1.82, 2.24) is 25.1 Å². The molecule has 7 nitrogen and oxygen atoms in total. The molecular weight excluding hydrogens is 374 g/mol. The minimum Gasteiger partial charge on any atom is -0.357 e. The second-order valence-electron chi connectivity index (χ2n) is 7.47. The summed E-state index contributed by atoms with van der Waals surface area (Å²) in [6, 6.07) is 4.07. The van der Waals surface area contributed by atoms with Gasteiger partial charge in [0.1, 0.15) is 5.69 Å². The first-order valence-electron chi connectivity index (χ1n) is 9.72. The fraction of sp³-hybridized carbons (Fsp3) is 0.550. The highest BCUT2D eigenvalue weighted by Gasteiger charge is 2.32. The summed E-state index contributed by atoms with van der Waals surface area (Å²) in [7, 11) is 3.93. The number of hydrogen-bond donors (Lipinski definition) is 2. The third-order valence-corrected chi connectivity index (χ3v) is 6.68. The number of carbonyl (C=O) groups excluding carboxylic acids is 2. The lowest BCUT2D eigenvalue weighted by Crippen LogP contribution is -2.42. The molecule has 1 fully saturated rings. The molecule has 2 atom stereocenters. The van der Waals surface area contributed by atoms with Crippen LogP contribution >= 0.6 is 11.3 Å². The highest BCUT2D eigenvalue weighted by atomic mass is 32.1. The molecule has 0 aliphatic carbocycles. The number of carbonyl (C=O) groups is 2. The molecule has 152 valence electrons. The van der Waals surface area contributed by atoms with Gasteiger partial charge in [0.2, 0.25) is 5.91 Å². The Labute approximate surface area is 170 Å². The summed E-state index contributed by atoms with van der Waals surface area (Å²) in [5.74, 6) is 0.0890. The molecule has 2 amide bonds. The maximum absolute atomic E-state index is 12.6. The molecule has 0 unspecified atom stereocenters. The summed E-state index contributed by atoms with van der Waals surface area (Å²) < 4.78 is 0. The molecule has 3 rings (SSSR count). The lowest BCUT2D eigenvalue weighted by Gasteiger charge is -2.27. The first kappa shape index (κ1) is 20.5. The van der Waals surface area contributed by atoms with Gasteiger partial charge in [0.25, 0.3) is 5.91 Å². The number of aromatic amines is 1. The first-order valence-corrected chi connectivity index (χ1v) is 10.6. The Morgan fingerprint density at radius 2 is 2.18 bits per heavy atom. The summed E-state index contributed by atoms with van der Waals surface area (Å²) in [6.07, 6.45) is 5.09. The predicted octanol–water partition coefficient (Wildman–Crippen LogP) is 2.06. The van der Waals surface area contributed by atoms with Crippen LogP contribution in [0.25, 0.3) is 0 Å². The predicted molar refractivity (Wildman–Crippen MR) is 111 cm³/mol. The van der Waals surface area contributed by atoms with Gasteiger partial charge >= 0.3 is 0 Å². The molecule has 1 aliphatic heterocycles. The average molecular weight is 404 g/mol. The summed E-state index contributed by atoms with van der Waals surface area (Å²) in [4.78, 5) is 37.2. The largest absolute Gasteiger partial charge is 0.357 e. The van der Waals surface area contributed by atoms with Gasteiger partial charge in [0.15, 0.2) is 0 Å². The number of H-pyrrole nitrogens is 1. The third-order valence-electron chi connectivity index (χ3n) is 5.68. The fourth-order valence-electron chi connectivity index (χ4n) is 3.68. The van der Waals surface area contributed by atoms with Crippen molar-refractivity contribution in [3.63, 3.8) is 0 Å². The van der Waals surface area contributed by atoms with Gasteiger partial charge in [-0.1, -0.05) is 0 Å². The number of nitrogens with one attached hydrogen (secondary N) is 2. The summed E-state index contributed by atoms with van der Waals surface area (Å²) in [6.45, 7) is 3.32. The van der Waals surface area contributed by atoms with Crippen molar-refractivity contribution in [3.8, 4) is 0 Å². The molecule has 2 N–H and O–H groups in total. The van der Waals surface area contributed by atoms with Crippen LogP contribution in [0.5, 0.6) is 0 Å². The van der Waals surface area contributed by atoms with Gasteiger partial charge < -0.3 is 15.2 Å². The molecule has 0 saturated carbocycles. The van der Waals surface area contributed by atoms with E-state index in [4.69, 9.17) is 0 Å². The van der Waals surface area contributed by atoms with E-state index in [0.29, 0.717) is 25.2 Å². The molecule has 1 aliphatic rings. The Bertz CT molecular complexity index is 788. The van der Waals surface area contributed by atoms with Gasteiger partial charge in [-0.05, 0) is 38.9 Å². The highest BCUT2D eigenvalue weighted by Crippen LogP contribution is 2.25. The van der Waals surface area contributed by atoms with Crippen molar-refractivity contribution in [2.24, 2.45) is 0 Å². The van der Waals surface area contributed by atoms with Crippen LogP contribution in [0, 0.1) is 6.92 Å². The average Bonchev–Trinajstić information content (AvgIpc) is 3.41. The number of aromatic nitrogens is 2. The number of thiazole rings is 1. The van der Waals surface area contributed by atoms with Crippen LogP contribution in [0.15, 0.2) is 23.8 Å². The van der Waals surface area contributed by atoms with Crippen LogP contribution in [-0.4, -0.2) is 70.9 Å². The molecule has 2 aromatic rings. The lowest BCUT2D eigenvalue weighted by atomic mass is 10.1. The van der Waals surface area contributed by atoms with Gasteiger partial charge in [0, 0.05) is 56.1 Å². The zero-order chi connectivity index (χ0) is 20.1. The summed E-state index contributed by atoms with van der Waals surface area (Å²) >= 11 is 1.65. The molecule has 0 aromatic carbocycles. The monoisotopic (exact) mass is 403 g/mol. The number of rotatable bonds is 8. The van der Waals surface area contributed by atoms with Crippen LogP contribution in [-0.2, 0) is 11.2 Å². The van der Waals surface area contributed by atoms with Crippen molar-refractivity contribution < 1.29 is 9.59 Å². The van der Waals surface area contributed by atoms with E-state index in [-0.39, 0.29) is 23.9 Å². The number of amides is 2. The van der Waals surface area contributed by atoms with Crippen molar-refractivity contribution in [2.75, 3.05) is 27.2 Å². The van der Waals surface area contributed by atoms with Crippen LogP contribution in [0.4, 0.5) is 0 Å². The van der Waals surface area contributed by atoms with Gasteiger partial charge in [-0.25, -0.2) is 4.98 Å². The first-order chi connectivity index (χ1) is 13.5. The summed E-state index contributed by atoms with van der Waals surface area (Å²) in [5.41, 5.74) is 3.49. The molecule has 3 heterocycles. The van der Waals surface area contributed by atoms with E-state index < -0.39 is 0 Å². The van der Waals surface area contributed by atoms with Crippen molar-refractivity contribution in [2.45, 2.75) is 44.7 Å². The third kappa shape index (κ3) is 4.99. The fourth-order valence-corrected chi connectivity index (χ4v) is 4.45. The lowest BCUT2D eigenvalue weighted by molar-refractivity contribution is -0.131. The Balaban J connectivity index is 1.42. The molecular formula is C20H29N5O2S. The zero-order valence-electron chi connectivity index (χ0n) is 16.8. The van der Waals surface area contributed by atoms with Crippen LogP contribution < -0.4 is 5.32 Å². The Kier molecular flexibility index (Phi) is 6.85. The van der Waals surface area contributed by atoms with E-state index in [2.05, 4.69) is 27.2 Å². The number of likely N-dealkylation sites (N-methyl/N-ethyl adjacent to an activating group) is 2. The van der Waals surface area contributed by atoms with Gasteiger partial charge in [-0.3, -0.25) is 14.5 Å². The van der Waals surface area contributed by atoms with E-state index in [9.17, 15) is 9.59 Å². The standard InChI is InChI=1S/C20H29N5O2S/c1-14-18(28-13-23-14)8-10-24(2)19(26)11-15-6-7-16(25(15)3)12-22-20(27)17-5-4-9-21-17/h4-5,9,13,15-16,21H,6-8,10-12H2,1-3H3,(H,22,27)/t15-,16+/m1/s1. The van der Waals surface area contributed by atoms with Gasteiger partial charge in [0.05, 0.1) is 11.2 Å². The normalized spacial score (nSPS) is 19.7. The van der Waals surface area contributed by atoms with Gasteiger partial charge in [-0.2, -0.15) is 0 Å². The van der Waals surface area contributed by atoms with E-state index in [1.54, 1.807) is 23.6 Å². The molecule has 1 saturated heterocycles. The van der Waals surface area contributed by atoms with E-state index in [1.165, 1.54) is 4.88 Å². The van der Waals surface area contributed by atoms with Crippen molar-refractivity contribution >= 4 is 23.2 Å². The minimum absolute atomic E-state index is 0.0870. The van der Waals surface area contributed by atoms with Gasteiger partial charge in [-0.15, -0.1) is 11.3 Å². The second kappa shape index (κ2) is 9.34. The van der Waals surface area contributed by atoms with Crippen molar-refractivity contribution in [3.05, 3.63) is 40.1 Å². The highest BCUT2D eigenvalue weighted by molar-refractivity contribution is 7.09. The van der Waals surface area contributed by atoms with E-state index in [0.717, 1.165) is 25.0 Å². The Morgan fingerprint density at radius 3 is 2.86 bits per heavy atom. The molecule has 0 spiro atoms. The quantitative estimate of drug-likeness (QED) is 0.707. The van der Waals surface area contributed by atoms with Crippen LogP contribution in [0.3, 0.4) is 0 Å². The maximum atomic E-state index is 12.6. The second-order valence-corrected chi connectivity index (χ2v) is 8.41. The molecule has 0 bridgehead atoms. The molecule has 8 heteroatoms. The minimum atomic E-state index is -0.0870. The zero-order valence-corrected chi connectivity index (χ0v) is 17.6. The van der Waals surface area contributed by atoms with Crippen LogP contribution in [0.2, 0.25) is 0 Å². The SMILES string of the molecule is Cc1ncsc1CCN(C)C(=O)C[C@H]1CC[C@@H](CNC(=O)c2ccc[nH]2)N1C. The Hall–Kier alpha value is -2.19. The maximum Gasteiger partial charge on any atom is 0.267 e. The topological polar surface area (TPSA) is 81.3 Å². The number of aryl methyl sites for hydroxylation is 1. The number of likely N-dealkylation sites (tertiary alicyclic amines) is 1. The smallest absolute Gasteiger partial charge is 0.267 e. The van der Waals surface area contributed by atoms with E-state index in [1.807, 2.05) is 30.4 Å². The summed E-state index contributed by atoms with van der Waals surface area (Å²) in [5, 5.41) is 2.98. The molecule has 28 heavy (non-hydrogen) atoms. The Morgan fingerprint density at radius 1 is 1.39 bits per heavy atom. The van der Waals surface area contributed by atoms with Crippen molar-refractivity contribution in [1.29, 1.82) is 0 Å². The number of nitrogens with zero attached hydrogens (tertiary/aromatic N) is 3. The molecule has 0 radical (unpaired) electrons.